The predicted molar refractivity (Wildman–Crippen MR) is 65.7 cm³/mol. The van der Waals surface area contributed by atoms with Crippen LogP contribution in [0, 0.1) is 0 Å². The number of thioether (sulfide) groups is 1. The Morgan fingerprint density at radius 2 is 2.20 bits per heavy atom. The number of hydrogen-bond acceptors (Lipinski definition) is 5. The van der Waals surface area contributed by atoms with Gasteiger partial charge in [-0.3, -0.25) is 0 Å². The predicted octanol–water partition coefficient (Wildman–Crippen LogP) is 1.97. The molecule has 0 aliphatic carbocycles. The minimum atomic E-state index is 0.591. The molecule has 0 aliphatic heterocycles. The summed E-state index contributed by atoms with van der Waals surface area (Å²) in [6, 6.07) is 1.88. The highest BCUT2D eigenvalue weighted by Gasteiger charge is 2.04. The summed E-state index contributed by atoms with van der Waals surface area (Å²) in [6.07, 6.45) is 0.899. The number of nitrogens with zero attached hydrogens (tertiary/aromatic N) is 2. The number of hydrazine groups is 1. The van der Waals surface area contributed by atoms with E-state index in [0.29, 0.717) is 11.1 Å². The zero-order valence-corrected chi connectivity index (χ0v) is 10.3. The minimum absolute atomic E-state index is 0.591. The van der Waals surface area contributed by atoms with E-state index in [1.54, 1.807) is 0 Å². The van der Waals surface area contributed by atoms with Gasteiger partial charge < -0.3 is 5.43 Å². The largest absolute Gasteiger partial charge is 0.308 e. The summed E-state index contributed by atoms with van der Waals surface area (Å²) in [5.41, 5.74) is 3.59. The third kappa shape index (κ3) is 4.05. The van der Waals surface area contributed by atoms with Gasteiger partial charge in [-0.1, -0.05) is 20.8 Å². The zero-order valence-electron chi connectivity index (χ0n) is 9.45. The SMILES string of the molecule is CCc1cc(NN)nc(CSC(C)C)n1. The van der Waals surface area contributed by atoms with Gasteiger partial charge in [-0.15, -0.1) is 0 Å². The first kappa shape index (κ1) is 12.3. The molecule has 84 valence electrons. The number of anilines is 1. The molecule has 15 heavy (non-hydrogen) atoms. The molecule has 4 nitrogen and oxygen atoms in total. The Morgan fingerprint density at radius 3 is 2.73 bits per heavy atom. The van der Waals surface area contributed by atoms with Crippen LogP contribution in [-0.4, -0.2) is 15.2 Å². The second-order valence-corrected chi connectivity index (χ2v) is 5.08. The highest BCUT2D eigenvalue weighted by Crippen LogP contribution is 2.16. The number of rotatable bonds is 5. The number of hydrogen-bond donors (Lipinski definition) is 2. The van der Waals surface area contributed by atoms with Gasteiger partial charge in [0.25, 0.3) is 0 Å². The standard InChI is InChI=1S/C10H18N4S/c1-4-8-5-9(14-11)13-10(12-8)6-15-7(2)3/h5,7H,4,6,11H2,1-3H3,(H,12,13,14). The molecule has 0 aromatic carbocycles. The lowest BCUT2D eigenvalue weighted by atomic mass is 10.3. The summed E-state index contributed by atoms with van der Waals surface area (Å²) in [4.78, 5) is 8.75. The summed E-state index contributed by atoms with van der Waals surface area (Å²) in [5.74, 6) is 7.73. The summed E-state index contributed by atoms with van der Waals surface area (Å²) in [6.45, 7) is 6.40. The van der Waals surface area contributed by atoms with E-state index < -0.39 is 0 Å². The molecular weight excluding hydrogens is 208 g/mol. The summed E-state index contributed by atoms with van der Waals surface area (Å²) < 4.78 is 0. The molecule has 1 rings (SSSR count). The molecule has 1 heterocycles. The highest BCUT2D eigenvalue weighted by molar-refractivity contribution is 7.99. The zero-order chi connectivity index (χ0) is 11.3. The second kappa shape index (κ2) is 5.92. The number of nitrogen functional groups attached to an aromatic ring is 1. The molecule has 5 heteroatoms. The third-order valence-electron chi connectivity index (χ3n) is 1.88. The molecule has 0 radical (unpaired) electrons. The monoisotopic (exact) mass is 226 g/mol. The lowest BCUT2D eigenvalue weighted by molar-refractivity contribution is 0.935. The van der Waals surface area contributed by atoms with E-state index in [1.807, 2.05) is 17.8 Å². The fourth-order valence-electron chi connectivity index (χ4n) is 1.11. The van der Waals surface area contributed by atoms with E-state index in [0.717, 1.165) is 23.7 Å². The van der Waals surface area contributed by atoms with Crippen LogP contribution in [0.15, 0.2) is 6.07 Å². The van der Waals surface area contributed by atoms with Crippen LogP contribution < -0.4 is 11.3 Å². The molecule has 0 spiro atoms. The molecule has 0 unspecified atom stereocenters. The van der Waals surface area contributed by atoms with Gasteiger partial charge in [0.2, 0.25) is 0 Å². The number of aromatic nitrogens is 2. The van der Waals surface area contributed by atoms with Crippen molar-refractivity contribution in [3.63, 3.8) is 0 Å². The Kier molecular flexibility index (Phi) is 4.84. The number of nitrogens with two attached hydrogens (primary N) is 1. The van der Waals surface area contributed by atoms with Crippen LogP contribution in [0.5, 0.6) is 0 Å². The molecule has 0 saturated heterocycles. The van der Waals surface area contributed by atoms with Crippen LogP contribution in [0.25, 0.3) is 0 Å². The molecule has 0 fully saturated rings. The van der Waals surface area contributed by atoms with Crippen molar-refractivity contribution < 1.29 is 0 Å². The minimum Gasteiger partial charge on any atom is -0.308 e. The molecule has 0 amide bonds. The lowest BCUT2D eigenvalue weighted by Gasteiger charge is -2.07. The Hall–Kier alpha value is -0.810. The van der Waals surface area contributed by atoms with E-state index in [1.165, 1.54) is 0 Å². The van der Waals surface area contributed by atoms with Crippen LogP contribution in [0.2, 0.25) is 0 Å². The van der Waals surface area contributed by atoms with Gasteiger partial charge in [-0.25, -0.2) is 15.8 Å². The van der Waals surface area contributed by atoms with Crippen LogP contribution in [0.1, 0.15) is 32.3 Å². The average molecular weight is 226 g/mol. The first-order chi connectivity index (χ1) is 7.15. The van der Waals surface area contributed by atoms with E-state index >= 15 is 0 Å². The Bertz CT molecular complexity index is 292. The number of aryl methyl sites for hydroxylation is 1. The van der Waals surface area contributed by atoms with Crippen molar-refractivity contribution in [1.82, 2.24) is 9.97 Å². The first-order valence-electron chi connectivity index (χ1n) is 5.10. The van der Waals surface area contributed by atoms with Crippen molar-refractivity contribution in [3.05, 3.63) is 17.6 Å². The van der Waals surface area contributed by atoms with Crippen molar-refractivity contribution in [1.29, 1.82) is 0 Å². The summed E-state index contributed by atoms with van der Waals surface area (Å²) in [5, 5.41) is 0.591. The fraction of sp³-hybridized carbons (Fsp3) is 0.600. The van der Waals surface area contributed by atoms with Gasteiger partial charge in [0.15, 0.2) is 0 Å². The molecule has 0 saturated carbocycles. The van der Waals surface area contributed by atoms with E-state index in [9.17, 15) is 0 Å². The maximum Gasteiger partial charge on any atom is 0.143 e. The second-order valence-electron chi connectivity index (χ2n) is 3.52. The molecule has 3 N–H and O–H groups in total. The van der Waals surface area contributed by atoms with Gasteiger partial charge >= 0.3 is 0 Å². The van der Waals surface area contributed by atoms with Gasteiger partial charge in [0.1, 0.15) is 11.6 Å². The van der Waals surface area contributed by atoms with E-state index in [2.05, 4.69) is 36.2 Å². The van der Waals surface area contributed by atoms with Gasteiger partial charge in [0.05, 0.1) is 5.75 Å². The highest BCUT2D eigenvalue weighted by atomic mass is 32.2. The molecule has 0 aliphatic rings. The van der Waals surface area contributed by atoms with Crippen molar-refractivity contribution in [2.45, 2.75) is 38.2 Å². The van der Waals surface area contributed by atoms with Crippen LogP contribution in [-0.2, 0) is 12.2 Å². The molecule has 0 bridgehead atoms. The average Bonchev–Trinajstić information content (AvgIpc) is 2.25. The van der Waals surface area contributed by atoms with E-state index in [-0.39, 0.29) is 0 Å². The van der Waals surface area contributed by atoms with Crippen molar-refractivity contribution >= 4 is 17.6 Å². The van der Waals surface area contributed by atoms with Crippen LogP contribution in [0.3, 0.4) is 0 Å². The summed E-state index contributed by atoms with van der Waals surface area (Å²) in [7, 11) is 0. The smallest absolute Gasteiger partial charge is 0.143 e. The van der Waals surface area contributed by atoms with Crippen molar-refractivity contribution in [2.75, 3.05) is 5.43 Å². The summed E-state index contributed by atoms with van der Waals surface area (Å²) >= 11 is 1.83. The Balaban J connectivity index is 2.77. The molecule has 1 aromatic rings. The van der Waals surface area contributed by atoms with Crippen molar-refractivity contribution in [2.24, 2.45) is 5.84 Å². The fourth-order valence-corrected chi connectivity index (χ4v) is 1.72. The van der Waals surface area contributed by atoms with Gasteiger partial charge in [-0.2, -0.15) is 11.8 Å². The van der Waals surface area contributed by atoms with Crippen LogP contribution in [0.4, 0.5) is 5.82 Å². The Labute approximate surface area is 95.0 Å². The Morgan fingerprint density at radius 1 is 1.47 bits per heavy atom. The van der Waals surface area contributed by atoms with Crippen molar-refractivity contribution in [3.8, 4) is 0 Å². The normalized spacial score (nSPS) is 10.7. The van der Waals surface area contributed by atoms with Gasteiger partial charge in [-0.05, 0) is 11.7 Å². The third-order valence-corrected chi connectivity index (χ3v) is 2.97. The topological polar surface area (TPSA) is 63.8 Å². The molecular formula is C10H18N4S. The lowest BCUT2D eigenvalue weighted by Crippen LogP contribution is -2.11. The van der Waals surface area contributed by atoms with Crippen LogP contribution >= 0.6 is 11.8 Å². The van der Waals surface area contributed by atoms with Gasteiger partial charge in [0, 0.05) is 11.8 Å². The first-order valence-corrected chi connectivity index (χ1v) is 6.15. The number of nitrogens with one attached hydrogen (secondary N) is 1. The maximum absolute atomic E-state index is 5.35. The maximum atomic E-state index is 5.35. The molecule has 1 aromatic heterocycles. The quantitative estimate of drug-likeness (QED) is 0.593. The van der Waals surface area contributed by atoms with E-state index in [4.69, 9.17) is 5.84 Å². The molecule has 0 atom stereocenters.